The fourth-order valence-electron chi connectivity index (χ4n) is 2.24. The van der Waals surface area contributed by atoms with Crippen LogP contribution in [0, 0.1) is 0 Å². The summed E-state index contributed by atoms with van der Waals surface area (Å²) in [6.07, 6.45) is 0.313. The highest BCUT2D eigenvalue weighted by atomic mass is 16.5. The minimum absolute atomic E-state index is 0.0254. The molecule has 1 aromatic carbocycles. The molecule has 1 heterocycles. The third-order valence-corrected chi connectivity index (χ3v) is 3.11. The van der Waals surface area contributed by atoms with Crippen LogP contribution in [-0.4, -0.2) is 18.1 Å². The lowest BCUT2D eigenvalue weighted by Gasteiger charge is -2.19. The van der Waals surface area contributed by atoms with Crippen molar-refractivity contribution < 1.29 is 9.53 Å². The molecule has 0 spiro atoms. The predicted molar refractivity (Wildman–Crippen MR) is 72.7 cm³/mol. The Kier molecular flexibility index (Phi) is 3.16. The SMILES string of the molecule is COC(=O)Cc1c(C(C)(C)C)[nH]c2ccccc12. The van der Waals surface area contributed by atoms with Gasteiger partial charge in [0.1, 0.15) is 0 Å². The van der Waals surface area contributed by atoms with Crippen molar-refractivity contribution in [2.24, 2.45) is 0 Å². The van der Waals surface area contributed by atoms with Gasteiger partial charge in [-0.1, -0.05) is 39.0 Å². The summed E-state index contributed by atoms with van der Waals surface area (Å²) in [6.45, 7) is 6.41. The molecule has 0 unspecified atom stereocenters. The Hall–Kier alpha value is -1.77. The smallest absolute Gasteiger partial charge is 0.310 e. The molecular weight excluding hydrogens is 226 g/mol. The summed E-state index contributed by atoms with van der Waals surface area (Å²) in [5.41, 5.74) is 3.20. The highest BCUT2D eigenvalue weighted by Crippen LogP contribution is 2.31. The standard InChI is InChI=1S/C15H19NO2/c1-15(2,3)14-11(9-13(17)18-4)10-7-5-6-8-12(10)16-14/h5-8,16H,9H2,1-4H3. The molecular formula is C15H19NO2. The van der Waals surface area contributed by atoms with Crippen molar-refractivity contribution in [2.75, 3.05) is 7.11 Å². The minimum Gasteiger partial charge on any atom is -0.469 e. The van der Waals surface area contributed by atoms with Gasteiger partial charge < -0.3 is 9.72 Å². The second kappa shape index (κ2) is 4.48. The predicted octanol–water partition coefficient (Wildman–Crippen LogP) is 3.18. The van der Waals surface area contributed by atoms with Gasteiger partial charge in [-0.3, -0.25) is 4.79 Å². The van der Waals surface area contributed by atoms with E-state index >= 15 is 0 Å². The zero-order valence-electron chi connectivity index (χ0n) is 11.3. The maximum atomic E-state index is 11.6. The molecule has 1 aromatic heterocycles. The van der Waals surface area contributed by atoms with Gasteiger partial charge in [0.15, 0.2) is 0 Å². The Morgan fingerprint density at radius 3 is 2.56 bits per heavy atom. The highest BCUT2D eigenvalue weighted by Gasteiger charge is 2.23. The average Bonchev–Trinajstić information content (AvgIpc) is 2.68. The molecule has 0 aliphatic heterocycles. The summed E-state index contributed by atoms with van der Waals surface area (Å²) in [5.74, 6) is -0.203. The Morgan fingerprint density at radius 2 is 1.94 bits per heavy atom. The first-order valence-electron chi connectivity index (χ1n) is 6.10. The number of methoxy groups -OCH3 is 1. The number of rotatable bonds is 2. The Labute approximate surface area is 107 Å². The first-order valence-corrected chi connectivity index (χ1v) is 6.10. The fraction of sp³-hybridized carbons (Fsp3) is 0.400. The van der Waals surface area contributed by atoms with Crippen molar-refractivity contribution in [3.05, 3.63) is 35.5 Å². The molecule has 0 saturated heterocycles. The molecule has 2 aromatic rings. The second-order valence-electron chi connectivity index (χ2n) is 5.53. The third kappa shape index (κ3) is 2.26. The van der Waals surface area contributed by atoms with E-state index < -0.39 is 0 Å². The number of aromatic amines is 1. The topological polar surface area (TPSA) is 42.1 Å². The molecule has 0 fully saturated rings. The number of aromatic nitrogens is 1. The van der Waals surface area contributed by atoms with E-state index in [1.165, 1.54) is 7.11 Å². The number of carbonyl (C=O) groups excluding carboxylic acids is 1. The van der Waals surface area contributed by atoms with Crippen molar-refractivity contribution in [1.82, 2.24) is 4.98 Å². The number of H-pyrrole nitrogens is 1. The summed E-state index contributed by atoms with van der Waals surface area (Å²) < 4.78 is 4.79. The van der Waals surface area contributed by atoms with Crippen LogP contribution < -0.4 is 0 Å². The van der Waals surface area contributed by atoms with Gasteiger partial charge in [-0.2, -0.15) is 0 Å². The molecule has 2 rings (SSSR count). The second-order valence-corrected chi connectivity index (χ2v) is 5.53. The monoisotopic (exact) mass is 245 g/mol. The van der Waals surface area contributed by atoms with Gasteiger partial charge in [0.2, 0.25) is 0 Å². The molecule has 3 heteroatoms. The first-order chi connectivity index (χ1) is 8.43. The summed E-state index contributed by atoms with van der Waals surface area (Å²) in [4.78, 5) is 15.0. The number of para-hydroxylation sites is 1. The number of fused-ring (bicyclic) bond motifs is 1. The molecule has 1 N–H and O–H groups in total. The third-order valence-electron chi connectivity index (χ3n) is 3.11. The molecule has 0 radical (unpaired) electrons. The zero-order chi connectivity index (χ0) is 13.3. The van der Waals surface area contributed by atoms with E-state index in [-0.39, 0.29) is 11.4 Å². The molecule has 0 amide bonds. The largest absolute Gasteiger partial charge is 0.469 e. The Morgan fingerprint density at radius 1 is 1.28 bits per heavy atom. The molecule has 3 nitrogen and oxygen atoms in total. The normalized spacial score (nSPS) is 11.8. The number of ether oxygens (including phenoxy) is 1. The lowest BCUT2D eigenvalue weighted by molar-refractivity contribution is -0.139. The first kappa shape index (κ1) is 12.7. The van der Waals surface area contributed by atoms with Gasteiger partial charge in [-0.05, 0) is 11.6 Å². The average molecular weight is 245 g/mol. The van der Waals surface area contributed by atoms with Crippen molar-refractivity contribution in [3.63, 3.8) is 0 Å². The van der Waals surface area contributed by atoms with Crippen molar-refractivity contribution >= 4 is 16.9 Å². The molecule has 0 aliphatic carbocycles. The highest BCUT2D eigenvalue weighted by molar-refractivity contribution is 5.89. The van der Waals surface area contributed by atoms with Crippen molar-refractivity contribution in [1.29, 1.82) is 0 Å². The zero-order valence-corrected chi connectivity index (χ0v) is 11.3. The summed E-state index contributed by atoms with van der Waals surface area (Å²) in [5, 5.41) is 1.10. The van der Waals surface area contributed by atoms with Crippen molar-refractivity contribution in [3.8, 4) is 0 Å². The number of benzene rings is 1. The minimum atomic E-state index is -0.203. The fourth-order valence-corrected chi connectivity index (χ4v) is 2.24. The van der Waals surface area contributed by atoms with E-state index in [4.69, 9.17) is 4.74 Å². The maximum absolute atomic E-state index is 11.6. The number of nitrogens with one attached hydrogen (secondary N) is 1. The van der Waals surface area contributed by atoms with Gasteiger partial charge in [-0.15, -0.1) is 0 Å². The maximum Gasteiger partial charge on any atom is 0.310 e. The number of hydrogen-bond donors (Lipinski definition) is 1. The molecule has 0 saturated carbocycles. The van der Waals surface area contributed by atoms with Gasteiger partial charge in [0.05, 0.1) is 13.5 Å². The summed E-state index contributed by atoms with van der Waals surface area (Å²) in [6, 6.07) is 8.06. The number of carbonyl (C=O) groups is 1. The number of esters is 1. The number of hydrogen-bond acceptors (Lipinski definition) is 2. The van der Waals surface area contributed by atoms with Crippen LogP contribution in [0.1, 0.15) is 32.0 Å². The lowest BCUT2D eigenvalue weighted by atomic mass is 9.88. The molecule has 0 atom stereocenters. The van der Waals surface area contributed by atoms with Crippen LogP contribution in [0.25, 0.3) is 10.9 Å². The van der Waals surface area contributed by atoms with Crippen LogP contribution in [0.3, 0.4) is 0 Å². The van der Waals surface area contributed by atoms with E-state index in [0.29, 0.717) is 6.42 Å². The van der Waals surface area contributed by atoms with E-state index in [1.54, 1.807) is 0 Å². The van der Waals surface area contributed by atoms with Gasteiger partial charge >= 0.3 is 5.97 Å². The van der Waals surface area contributed by atoms with E-state index in [2.05, 4.69) is 25.8 Å². The molecule has 96 valence electrons. The van der Waals surface area contributed by atoms with Crippen LogP contribution in [0.5, 0.6) is 0 Å². The molecule has 0 aliphatic rings. The Balaban J connectivity index is 2.62. The van der Waals surface area contributed by atoms with E-state index in [1.807, 2.05) is 24.3 Å². The van der Waals surface area contributed by atoms with Crippen LogP contribution in [0.4, 0.5) is 0 Å². The van der Waals surface area contributed by atoms with Crippen LogP contribution in [0.2, 0.25) is 0 Å². The van der Waals surface area contributed by atoms with Crippen LogP contribution in [-0.2, 0) is 21.4 Å². The lowest BCUT2D eigenvalue weighted by Crippen LogP contribution is -2.16. The summed E-state index contributed by atoms with van der Waals surface area (Å²) >= 11 is 0. The van der Waals surface area contributed by atoms with Gasteiger partial charge in [0.25, 0.3) is 0 Å². The van der Waals surface area contributed by atoms with Gasteiger partial charge in [0, 0.05) is 22.0 Å². The summed E-state index contributed by atoms with van der Waals surface area (Å²) in [7, 11) is 1.42. The quantitative estimate of drug-likeness (QED) is 0.826. The molecule has 18 heavy (non-hydrogen) atoms. The molecule has 0 bridgehead atoms. The van der Waals surface area contributed by atoms with Gasteiger partial charge in [-0.25, -0.2) is 0 Å². The van der Waals surface area contributed by atoms with E-state index in [9.17, 15) is 4.79 Å². The van der Waals surface area contributed by atoms with Crippen LogP contribution in [0.15, 0.2) is 24.3 Å². The van der Waals surface area contributed by atoms with Crippen LogP contribution >= 0.6 is 0 Å². The Bertz CT molecular complexity index is 576. The van der Waals surface area contributed by atoms with E-state index in [0.717, 1.165) is 22.2 Å². The van der Waals surface area contributed by atoms with Crippen molar-refractivity contribution in [2.45, 2.75) is 32.6 Å².